The number of fused-ring (bicyclic) bond motifs is 10. The first kappa shape index (κ1) is 20.4. The van der Waals surface area contributed by atoms with E-state index in [1.807, 2.05) is 18.3 Å². The minimum Gasteiger partial charge on any atom is -0.256 e. The Morgan fingerprint density at radius 1 is 0.378 bits per heavy atom. The molecule has 1 heterocycles. The summed E-state index contributed by atoms with van der Waals surface area (Å²) in [6.07, 6.45) is 1.85. The van der Waals surface area contributed by atoms with Crippen molar-refractivity contribution in [3.63, 3.8) is 0 Å². The van der Waals surface area contributed by atoms with Gasteiger partial charge < -0.3 is 0 Å². The number of pyridine rings is 1. The molecule has 0 saturated heterocycles. The van der Waals surface area contributed by atoms with Gasteiger partial charge in [0.1, 0.15) is 0 Å². The van der Waals surface area contributed by atoms with Gasteiger partial charge in [0.05, 0.1) is 11.1 Å². The van der Waals surface area contributed by atoms with Crippen molar-refractivity contribution in [3.05, 3.63) is 162 Å². The zero-order valence-corrected chi connectivity index (χ0v) is 20.2. The average molecular weight is 470 g/mol. The van der Waals surface area contributed by atoms with Crippen molar-refractivity contribution in [2.45, 2.75) is 5.41 Å². The first-order valence-corrected chi connectivity index (χ1v) is 12.8. The van der Waals surface area contributed by atoms with Crippen molar-refractivity contribution in [1.29, 1.82) is 0 Å². The summed E-state index contributed by atoms with van der Waals surface area (Å²) in [5.41, 5.74) is 15.1. The molecule has 1 heteroatoms. The molecule has 8 rings (SSSR count). The quantitative estimate of drug-likeness (QED) is 0.247. The highest BCUT2D eigenvalue weighted by Crippen LogP contribution is 2.62. The van der Waals surface area contributed by atoms with Gasteiger partial charge in [0.15, 0.2) is 0 Å². The molecule has 37 heavy (non-hydrogen) atoms. The molecule has 0 fully saturated rings. The van der Waals surface area contributed by atoms with Crippen LogP contribution in [0.1, 0.15) is 22.3 Å². The molecule has 0 bridgehead atoms. The van der Waals surface area contributed by atoms with Gasteiger partial charge in [0.25, 0.3) is 0 Å². The third-order valence-electron chi connectivity index (χ3n) is 8.15. The Morgan fingerprint density at radius 2 is 0.919 bits per heavy atom. The van der Waals surface area contributed by atoms with Crippen LogP contribution in [0.4, 0.5) is 0 Å². The fourth-order valence-corrected chi connectivity index (χ4v) is 6.67. The second-order valence-electron chi connectivity index (χ2n) is 9.94. The molecule has 0 aliphatic heterocycles. The summed E-state index contributed by atoms with van der Waals surface area (Å²) < 4.78 is 0. The molecule has 0 unspecified atom stereocenters. The standard InChI is InChI=1S/C36H23N/c1-4-15-31-27(12-1)28-13-2-5-16-32(28)36(31)33-17-6-3-14-29(33)30-23-25(19-20-34(30)36)24-10-9-11-26(22-24)35-18-7-8-21-37-35/h1-23H. The number of nitrogens with zero attached hydrogens (tertiary/aromatic N) is 1. The van der Waals surface area contributed by atoms with E-state index in [4.69, 9.17) is 0 Å². The van der Waals surface area contributed by atoms with Gasteiger partial charge in [-0.05, 0) is 79.9 Å². The van der Waals surface area contributed by atoms with Crippen molar-refractivity contribution in [2.75, 3.05) is 0 Å². The Kier molecular flexibility index (Phi) is 4.21. The molecule has 172 valence electrons. The molecule has 1 spiro atoms. The molecule has 1 aromatic heterocycles. The van der Waals surface area contributed by atoms with Crippen LogP contribution < -0.4 is 0 Å². The molecule has 1 nitrogen and oxygen atoms in total. The SMILES string of the molecule is c1ccc(-c2cccc(-c3ccc4c(c3)-c3ccccc3C43c4ccccc4-c4ccccc43)c2)nc1. The Morgan fingerprint density at radius 3 is 1.57 bits per heavy atom. The number of hydrogen-bond donors (Lipinski definition) is 0. The molecule has 0 amide bonds. The fourth-order valence-electron chi connectivity index (χ4n) is 6.67. The van der Waals surface area contributed by atoms with E-state index in [1.165, 1.54) is 55.6 Å². The third kappa shape index (κ3) is 2.71. The molecule has 0 saturated carbocycles. The first-order chi connectivity index (χ1) is 18.4. The number of rotatable bonds is 2. The normalized spacial score (nSPS) is 13.6. The molecular weight excluding hydrogens is 446 g/mol. The lowest BCUT2D eigenvalue weighted by Gasteiger charge is -2.30. The molecular formula is C36H23N. The maximum absolute atomic E-state index is 4.56. The van der Waals surface area contributed by atoms with Crippen LogP contribution in [0.15, 0.2) is 140 Å². The van der Waals surface area contributed by atoms with Crippen molar-refractivity contribution < 1.29 is 0 Å². The number of aromatic nitrogens is 1. The summed E-state index contributed by atoms with van der Waals surface area (Å²) in [4.78, 5) is 4.56. The highest BCUT2D eigenvalue weighted by Gasteiger charge is 2.51. The van der Waals surface area contributed by atoms with Gasteiger partial charge in [-0.2, -0.15) is 0 Å². The Bertz CT molecular complexity index is 1780. The van der Waals surface area contributed by atoms with E-state index in [2.05, 4.69) is 126 Å². The summed E-state index contributed by atoms with van der Waals surface area (Å²) in [6, 6.07) is 48.7. The lowest BCUT2D eigenvalue weighted by atomic mass is 9.70. The van der Waals surface area contributed by atoms with Gasteiger partial charge >= 0.3 is 0 Å². The van der Waals surface area contributed by atoms with Crippen LogP contribution in [-0.4, -0.2) is 4.98 Å². The molecule has 0 radical (unpaired) electrons. The maximum atomic E-state index is 4.56. The number of benzene rings is 5. The summed E-state index contributed by atoms with van der Waals surface area (Å²) in [5.74, 6) is 0. The van der Waals surface area contributed by atoms with Crippen LogP contribution in [0.3, 0.4) is 0 Å². The smallest absolute Gasteiger partial charge is 0.0725 e. The highest BCUT2D eigenvalue weighted by molar-refractivity contribution is 5.96. The van der Waals surface area contributed by atoms with Gasteiger partial charge in [-0.25, -0.2) is 0 Å². The van der Waals surface area contributed by atoms with E-state index in [-0.39, 0.29) is 5.41 Å². The molecule has 2 aliphatic carbocycles. The molecule has 2 aliphatic rings. The van der Waals surface area contributed by atoms with Crippen molar-refractivity contribution in [1.82, 2.24) is 4.98 Å². The lowest BCUT2D eigenvalue weighted by molar-refractivity contribution is 0.794. The number of hydrogen-bond acceptors (Lipinski definition) is 1. The minimum absolute atomic E-state index is 0.284. The van der Waals surface area contributed by atoms with E-state index < -0.39 is 0 Å². The lowest BCUT2D eigenvalue weighted by Crippen LogP contribution is -2.25. The van der Waals surface area contributed by atoms with E-state index in [1.54, 1.807) is 0 Å². The molecule has 6 aromatic rings. The summed E-state index contributed by atoms with van der Waals surface area (Å²) in [7, 11) is 0. The van der Waals surface area contributed by atoms with Gasteiger partial charge in [-0.15, -0.1) is 0 Å². The van der Waals surface area contributed by atoms with E-state index in [0.717, 1.165) is 11.3 Å². The van der Waals surface area contributed by atoms with Gasteiger partial charge in [0, 0.05) is 11.8 Å². The average Bonchev–Trinajstić information content (AvgIpc) is 3.45. The molecule has 0 atom stereocenters. The Labute approximate surface area is 216 Å². The topological polar surface area (TPSA) is 12.9 Å². The Balaban J connectivity index is 1.38. The van der Waals surface area contributed by atoms with Crippen molar-refractivity contribution in [2.24, 2.45) is 0 Å². The van der Waals surface area contributed by atoms with Gasteiger partial charge in [-0.1, -0.05) is 109 Å². The van der Waals surface area contributed by atoms with E-state index in [9.17, 15) is 0 Å². The van der Waals surface area contributed by atoms with Gasteiger partial charge in [0.2, 0.25) is 0 Å². The van der Waals surface area contributed by atoms with Crippen LogP contribution in [0.25, 0.3) is 44.6 Å². The van der Waals surface area contributed by atoms with Gasteiger partial charge in [-0.3, -0.25) is 4.98 Å². The van der Waals surface area contributed by atoms with Crippen LogP contribution in [-0.2, 0) is 5.41 Å². The second kappa shape index (κ2) is 7.62. The summed E-state index contributed by atoms with van der Waals surface area (Å²) in [5, 5.41) is 0. The van der Waals surface area contributed by atoms with Crippen LogP contribution in [0.2, 0.25) is 0 Å². The summed E-state index contributed by atoms with van der Waals surface area (Å²) >= 11 is 0. The predicted molar refractivity (Wildman–Crippen MR) is 151 cm³/mol. The van der Waals surface area contributed by atoms with Crippen LogP contribution in [0, 0.1) is 0 Å². The maximum Gasteiger partial charge on any atom is 0.0725 e. The summed E-state index contributed by atoms with van der Waals surface area (Å²) in [6.45, 7) is 0. The molecule has 5 aromatic carbocycles. The molecule has 0 N–H and O–H groups in total. The first-order valence-electron chi connectivity index (χ1n) is 12.8. The zero-order chi connectivity index (χ0) is 24.4. The van der Waals surface area contributed by atoms with Crippen molar-refractivity contribution in [3.8, 4) is 44.6 Å². The largest absolute Gasteiger partial charge is 0.256 e. The predicted octanol–water partition coefficient (Wildman–Crippen LogP) is 8.76. The van der Waals surface area contributed by atoms with Crippen LogP contribution in [0.5, 0.6) is 0 Å². The Hall–Kier alpha value is -4.75. The zero-order valence-electron chi connectivity index (χ0n) is 20.2. The monoisotopic (exact) mass is 469 g/mol. The third-order valence-corrected chi connectivity index (χ3v) is 8.15. The minimum atomic E-state index is -0.284. The highest BCUT2D eigenvalue weighted by atomic mass is 14.7. The van der Waals surface area contributed by atoms with E-state index in [0.29, 0.717) is 0 Å². The second-order valence-corrected chi connectivity index (χ2v) is 9.94. The van der Waals surface area contributed by atoms with E-state index >= 15 is 0 Å². The fraction of sp³-hybridized carbons (Fsp3) is 0.0278. The van der Waals surface area contributed by atoms with Crippen molar-refractivity contribution >= 4 is 0 Å². The van der Waals surface area contributed by atoms with Crippen LogP contribution >= 0.6 is 0 Å².